The number of nitrogens with one attached hydrogen (secondary N) is 2. The SMILES string of the molecule is Cc1cccc(-n2c(C)cc([C@@H]3[C@H](c4ccccn4)NC(=S)N3CCC(=O)Nc3cccc4ccccc34)c2C)c1. The third-order valence-electron chi connectivity index (χ3n) is 7.89. The highest BCUT2D eigenvalue weighted by Gasteiger charge is 2.41. The fourth-order valence-corrected chi connectivity index (χ4v) is 6.34. The topological polar surface area (TPSA) is 62.2 Å². The van der Waals surface area contributed by atoms with Gasteiger partial charge in [-0.2, -0.15) is 0 Å². The molecule has 6 nitrogen and oxygen atoms in total. The fourth-order valence-electron chi connectivity index (χ4n) is 6.01. The van der Waals surface area contributed by atoms with Crippen LogP contribution in [0.25, 0.3) is 16.5 Å². The molecular weight excluding hydrogens is 526 g/mol. The van der Waals surface area contributed by atoms with E-state index in [1.54, 1.807) is 0 Å². The minimum absolute atomic E-state index is 0.0468. The van der Waals surface area contributed by atoms with E-state index in [4.69, 9.17) is 12.2 Å². The van der Waals surface area contributed by atoms with Crippen LogP contribution in [0.5, 0.6) is 0 Å². The van der Waals surface area contributed by atoms with Gasteiger partial charge in [0.05, 0.1) is 17.8 Å². The van der Waals surface area contributed by atoms with Gasteiger partial charge in [0.1, 0.15) is 0 Å². The molecule has 3 heterocycles. The Morgan fingerprint density at radius 3 is 2.54 bits per heavy atom. The molecule has 3 aromatic carbocycles. The summed E-state index contributed by atoms with van der Waals surface area (Å²) in [5.74, 6) is -0.0468. The molecule has 1 saturated heterocycles. The Hall–Kier alpha value is -4.49. The third kappa shape index (κ3) is 5.21. The van der Waals surface area contributed by atoms with Gasteiger partial charge in [0.15, 0.2) is 5.11 Å². The van der Waals surface area contributed by atoms with Crippen LogP contribution in [0.15, 0.2) is 97.2 Å². The number of carbonyl (C=O) groups is 1. The molecule has 206 valence electrons. The molecule has 1 aliphatic rings. The number of aromatic nitrogens is 2. The fraction of sp³-hybridized carbons (Fsp3) is 0.206. The highest BCUT2D eigenvalue weighted by atomic mass is 32.1. The van der Waals surface area contributed by atoms with Crippen molar-refractivity contribution in [2.45, 2.75) is 39.3 Å². The number of fused-ring (bicyclic) bond motifs is 1. The molecule has 41 heavy (non-hydrogen) atoms. The lowest BCUT2D eigenvalue weighted by Crippen LogP contribution is -2.33. The number of benzene rings is 3. The van der Waals surface area contributed by atoms with Gasteiger partial charge >= 0.3 is 0 Å². The van der Waals surface area contributed by atoms with Gasteiger partial charge in [-0.3, -0.25) is 9.78 Å². The van der Waals surface area contributed by atoms with Crippen molar-refractivity contribution >= 4 is 39.7 Å². The van der Waals surface area contributed by atoms with Crippen molar-refractivity contribution in [2.75, 3.05) is 11.9 Å². The van der Waals surface area contributed by atoms with E-state index in [1.165, 1.54) is 11.1 Å². The maximum Gasteiger partial charge on any atom is 0.226 e. The maximum atomic E-state index is 13.2. The second-order valence-corrected chi connectivity index (χ2v) is 11.0. The number of hydrogen-bond acceptors (Lipinski definition) is 3. The summed E-state index contributed by atoms with van der Waals surface area (Å²) in [7, 11) is 0. The summed E-state index contributed by atoms with van der Waals surface area (Å²) < 4.78 is 2.30. The lowest BCUT2D eigenvalue weighted by molar-refractivity contribution is -0.116. The molecular formula is C34H33N5OS. The van der Waals surface area contributed by atoms with E-state index in [-0.39, 0.29) is 18.0 Å². The van der Waals surface area contributed by atoms with Gasteiger partial charge in [-0.15, -0.1) is 0 Å². The number of amides is 1. The molecule has 1 aliphatic heterocycles. The van der Waals surface area contributed by atoms with Crippen LogP contribution in [0.4, 0.5) is 5.69 Å². The molecule has 2 N–H and O–H groups in total. The maximum absolute atomic E-state index is 13.2. The Morgan fingerprint density at radius 1 is 0.951 bits per heavy atom. The molecule has 2 aromatic heterocycles. The zero-order valence-electron chi connectivity index (χ0n) is 23.5. The van der Waals surface area contributed by atoms with Crippen LogP contribution in [-0.4, -0.2) is 32.0 Å². The number of aryl methyl sites for hydroxylation is 2. The Labute approximate surface area is 246 Å². The Morgan fingerprint density at radius 2 is 1.73 bits per heavy atom. The summed E-state index contributed by atoms with van der Waals surface area (Å²) in [6.45, 7) is 6.88. The molecule has 0 radical (unpaired) electrons. The number of carbonyl (C=O) groups excluding carboxylic acids is 1. The highest BCUT2D eigenvalue weighted by molar-refractivity contribution is 7.80. The Bertz CT molecular complexity index is 1740. The van der Waals surface area contributed by atoms with Gasteiger partial charge in [0.25, 0.3) is 0 Å². The van der Waals surface area contributed by atoms with Crippen molar-refractivity contribution in [3.63, 3.8) is 0 Å². The number of thiocarbonyl (C=S) groups is 1. The van der Waals surface area contributed by atoms with Gasteiger partial charge < -0.3 is 20.1 Å². The molecule has 2 atom stereocenters. The van der Waals surface area contributed by atoms with Crippen LogP contribution < -0.4 is 10.6 Å². The molecule has 6 rings (SSSR count). The van der Waals surface area contributed by atoms with Crippen molar-refractivity contribution in [1.29, 1.82) is 0 Å². The van der Waals surface area contributed by atoms with Gasteiger partial charge in [-0.1, -0.05) is 54.6 Å². The summed E-state index contributed by atoms with van der Waals surface area (Å²) in [4.78, 5) is 20.1. The standard InChI is InChI=1S/C34H33N5OS/c1-22-10-8-13-26(20-22)39-23(2)21-28(24(39)3)33-32(30-15-6-7-18-35-30)37-34(41)38(33)19-17-31(40)36-29-16-9-12-25-11-4-5-14-27(25)29/h4-16,18,20-21,32-33H,17,19H2,1-3H3,(H,36,40)(H,37,41)/t32-,33+/m0/s1. The van der Waals surface area contributed by atoms with Crippen LogP contribution in [0.1, 0.15) is 46.7 Å². The zero-order chi connectivity index (χ0) is 28.5. The summed E-state index contributed by atoms with van der Waals surface area (Å²) in [5.41, 5.74) is 7.55. The quantitative estimate of drug-likeness (QED) is 0.211. The van der Waals surface area contributed by atoms with Crippen LogP contribution >= 0.6 is 12.2 Å². The molecule has 5 aromatic rings. The summed E-state index contributed by atoms with van der Waals surface area (Å²) in [6, 6.07) is 30.5. The molecule has 0 aliphatic carbocycles. The number of rotatable bonds is 7. The first kappa shape index (κ1) is 26.7. The van der Waals surface area contributed by atoms with E-state index in [9.17, 15) is 4.79 Å². The second kappa shape index (κ2) is 11.2. The smallest absolute Gasteiger partial charge is 0.226 e. The van der Waals surface area contributed by atoms with Gasteiger partial charge in [-0.05, 0) is 85.9 Å². The van der Waals surface area contributed by atoms with E-state index in [1.807, 2.05) is 54.7 Å². The van der Waals surface area contributed by atoms with Crippen LogP contribution in [-0.2, 0) is 4.79 Å². The predicted octanol–water partition coefficient (Wildman–Crippen LogP) is 6.95. The van der Waals surface area contributed by atoms with Crippen molar-refractivity contribution in [3.8, 4) is 5.69 Å². The highest BCUT2D eigenvalue weighted by Crippen LogP contribution is 2.41. The zero-order valence-corrected chi connectivity index (χ0v) is 24.3. The molecule has 0 spiro atoms. The van der Waals surface area contributed by atoms with Crippen molar-refractivity contribution < 1.29 is 4.79 Å². The van der Waals surface area contributed by atoms with Crippen LogP contribution in [0.3, 0.4) is 0 Å². The molecule has 7 heteroatoms. The summed E-state index contributed by atoms with van der Waals surface area (Å²) in [6.07, 6.45) is 2.11. The molecule has 0 saturated carbocycles. The monoisotopic (exact) mass is 559 g/mol. The lowest BCUT2D eigenvalue weighted by atomic mass is 9.96. The predicted molar refractivity (Wildman–Crippen MR) is 169 cm³/mol. The summed E-state index contributed by atoms with van der Waals surface area (Å²) in [5, 5.41) is 9.40. The molecule has 1 amide bonds. The van der Waals surface area contributed by atoms with Crippen LogP contribution in [0.2, 0.25) is 0 Å². The largest absolute Gasteiger partial charge is 0.352 e. The Kier molecular flexibility index (Phi) is 7.28. The normalized spacial score (nSPS) is 16.7. The van der Waals surface area contributed by atoms with Gasteiger partial charge in [-0.25, -0.2) is 0 Å². The average Bonchev–Trinajstić information content (AvgIpc) is 3.46. The van der Waals surface area contributed by atoms with E-state index < -0.39 is 0 Å². The number of nitrogens with zero attached hydrogens (tertiary/aromatic N) is 3. The number of hydrogen-bond donors (Lipinski definition) is 2. The van der Waals surface area contributed by atoms with Crippen molar-refractivity contribution in [3.05, 3.63) is 125 Å². The van der Waals surface area contributed by atoms with E-state index in [0.717, 1.165) is 39.2 Å². The van der Waals surface area contributed by atoms with Gasteiger partial charge in [0.2, 0.25) is 5.91 Å². The molecule has 1 fully saturated rings. The van der Waals surface area contributed by atoms with Crippen LogP contribution in [0, 0.1) is 20.8 Å². The lowest BCUT2D eigenvalue weighted by Gasteiger charge is -2.28. The van der Waals surface area contributed by atoms with E-state index >= 15 is 0 Å². The number of anilines is 1. The first-order valence-electron chi connectivity index (χ1n) is 13.9. The van der Waals surface area contributed by atoms with Crippen molar-refractivity contribution in [1.82, 2.24) is 19.8 Å². The third-order valence-corrected chi connectivity index (χ3v) is 8.24. The van der Waals surface area contributed by atoms with Crippen molar-refractivity contribution in [2.24, 2.45) is 0 Å². The minimum atomic E-state index is -0.142. The van der Waals surface area contributed by atoms with E-state index in [0.29, 0.717) is 18.1 Å². The molecule has 0 unspecified atom stereocenters. The van der Waals surface area contributed by atoms with Gasteiger partial charge in [0, 0.05) is 47.3 Å². The second-order valence-electron chi connectivity index (χ2n) is 10.6. The molecule has 0 bridgehead atoms. The van der Waals surface area contributed by atoms with E-state index in [2.05, 4.69) is 88.3 Å². The minimum Gasteiger partial charge on any atom is -0.352 e. The Balaban J connectivity index is 1.31. The first-order chi connectivity index (χ1) is 19.9. The average molecular weight is 560 g/mol. The first-order valence-corrected chi connectivity index (χ1v) is 14.3. The summed E-state index contributed by atoms with van der Waals surface area (Å²) >= 11 is 5.88. The number of pyridine rings is 1.